The maximum atomic E-state index is 11.4. The SMILES string of the molecule is O=C(O)C1=CC=CC2C(=O)N3OC3=C12. The van der Waals surface area contributed by atoms with E-state index in [1.807, 2.05) is 0 Å². The summed E-state index contributed by atoms with van der Waals surface area (Å²) in [5.74, 6) is -1.32. The average molecular weight is 191 g/mol. The summed E-state index contributed by atoms with van der Waals surface area (Å²) < 4.78 is 0. The number of fused-ring (bicyclic) bond motifs is 2. The van der Waals surface area contributed by atoms with Gasteiger partial charge in [-0.15, -0.1) is 5.06 Å². The molecule has 0 aromatic heterocycles. The van der Waals surface area contributed by atoms with E-state index in [-0.39, 0.29) is 11.5 Å². The highest BCUT2D eigenvalue weighted by Crippen LogP contribution is 2.46. The number of carbonyl (C=O) groups excluding carboxylic acids is 1. The Labute approximate surface area is 78.5 Å². The molecule has 1 atom stereocenters. The van der Waals surface area contributed by atoms with Crippen LogP contribution in [0.2, 0.25) is 0 Å². The van der Waals surface area contributed by atoms with Gasteiger partial charge in [-0.05, 0) is 6.08 Å². The number of carboxylic acid groups (broad SMARTS) is 1. The number of aliphatic carboxylic acids is 1. The molecule has 0 bridgehead atoms. The van der Waals surface area contributed by atoms with Crippen molar-refractivity contribution in [3.05, 3.63) is 35.3 Å². The van der Waals surface area contributed by atoms with Crippen molar-refractivity contribution in [3.63, 3.8) is 0 Å². The van der Waals surface area contributed by atoms with Gasteiger partial charge in [0, 0.05) is 5.57 Å². The lowest BCUT2D eigenvalue weighted by Gasteiger charge is -2.12. The Balaban J connectivity index is 2.15. The molecule has 1 fully saturated rings. The lowest BCUT2D eigenvalue weighted by Crippen LogP contribution is -2.20. The molecule has 0 aromatic carbocycles. The number of hydrogen-bond acceptors (Lipinski definition) is 3. The van der Waals surface area contributed by atoms with Gasteiger partial charge in [-0.3, -0.25) is 4.79 Å². The first-order valence-corrected chi connectivity index (χ1v) is 4.08. The molecule has 3 aliphatic rings. The predicted molar refractivity (Wildman–Crippen MR) is 43.3 cm³/mol. The molecule has 0 radical (unpaired) electrons. The molecule has 3 rings (SSSR count). The van der Waals surface area contributed by atoms with Crippen LogP contribution in [0.1, 0.15) is 0 Å². The Morgan fingerprint density at radius 2 is 2.36 bits per heavy atom. The van der Waals surface area contributed by atoms with Gasteiger partial charge in [-0.2, -0.15) is 0 Å². The molecule has 2 heterocycles. The molecule has 1 aliphatic carbocycles. The molecule has 70 valence electrons. The molecule has 5 nitrogen and oxygen atoms in total. The summed E-state index contributed by atoms with van der Waals surface area (Å²) in [4.78, 5) is 27.1. The summed E-state index contributed by atoms with van der Waals surface area (Å²) >= 11 is 0. The van der Waals surface area contributed by atoms with Crippen molar-refractivity contribution in [2.24, 2.45) is 5.92 Å². The standard InChI is InChI=1S/C9H5NO4/c11-7-4-2-1-3-5(9(12)13)6(4)8-10(7)14-8/h1-4H,(H,12,13). The number of hydrogen-bond donors (Lipinski definition) is 1. The third-order valence-electron chi connectivity index (χ3n) is 2.42. The fourth-order valence-corrected chi connectivity index (χ4v) is 1.75. The Kier molecular flexibility index (Phi) is 1.09. The monoisotopic (exact) mass is 191 g/mol. The number of amides is 1. The van der Waals surface area contributed by atoms with Crippen LogP contribution in [0.15, 0.2) is 35.3 Å². The van der Waals surface area contributed by atoms with Crippen LogP contribution in [0.25, 0.3) is 0 Å². The van der Waals surface area contributed by atoms with E-state index in [9.17, 15) is 9.59 Å². The van der Waals surface area contributed by atoms with E-state index in [0.29, 0.717) is 11.5 Å². The van der Waals surface area contributed by atoms with Gasteiger partial charge in [0.1, 0.15) is 0 Å². The number of carbonyl (C=O) groups is 2. The first kappa shape index (κ1) is 7.37. The summed E-state index contributed by atoms with van der Waals surface area (Å²) in [6.07, 6.45) is 4.73. The normalized spacial score (nSPS) is 26.9. The van der Waals surface area contributed by atoms with Crippen LogP contribution in [0, 0.1) is 5.92 Å². The minimum Gasteiger partial charge on any atom is -0.478 e. The first-order valence-electron chi connectivity index (χ1n) is 4.08. The Morgan fingerprint density at radius 3 is 3.07 bits per heavy atom. The van der Waals surface area contributed by atoms with Crippen molar-refractivity contribution < 1.29 is 19.5 Å². The summed E-state index contributed by atoms with van der Waals surface area (Å²) in [6.45, 7) is 0. The van der Waals surface area contributed by atoms with Gasteiger partial charge in [0.25, 0.3) is 11.8 Å². The summed E-state index contributed by atoms with van der Waals surface area (Å²) in [5.41, 5.74) is 0.617. The number of allylic oxidation sites excluding steroid dienone is 2. The third-order valence-corrected chi connectivity index (χ3v) is 2.42. The molecular formula is C9H5NO4. The van der Waals surface area contributed by atoms with Gasteiger partial charge in [0.2, 0.25) is 0 Å². The van der Waals surface area contributed by atoms with Crippen LogP contribution in [0.3, 0.4) is 0 Å². The molecule has 2 aliphatic heterocycles. The predicted octanol–water partition coefficient (Wildman–Crippen LogP) is 0.182. The fourth-order valence-electron chi connectivity index (χ4n) is 1.75. The Bertz CT molecular complexity index is 457. The maximum Gasteiger partial charge on any atom is 0.336 e. The average Bonchev–Trinajstić information content (AvgIpc) is 2.90. The van der Waals surface area contributed by atoms with E-state index in [1.54, 1.807) is 12.2 Å². The number of hydroxylamine groups is 2. The van der Waals surface area contributed by atoms with Gasteiger partial charge in [-0.1, -0.05) is 12.2 Å². The molecule has 1 unspecified atom stereocenters. The van der Waals surface area contributed by atoms with Crippen LogP contribution < -0.4 is 0 Å². The van der Waals surface area contributed by atoms with E-state index in [2.05, 4.69) is 0 Å². The minimum absolute atomic E-state index is 0.140. The van der Waals surface area contributed by atoms with E-state index >= 15 is 0 Å². The van der Waals surface area contributed by atoms with E-state index in [0.717, 1.165) is 5.06 Å². The molecular weight excluding hydrogens is 186 g/mol. The Hall–Kier alpha value is -2.04. The lowest BCUT2D eigenvalue weighted by atomic mass is 9.90. The van der Waals surface area contributed by atoms with Gasteiger partial charge >= 0.3 is 5.97 Å². The van der Waals surface area contributed by atoms with Crippen LogP contribution in [-0.2, 0) is 14.4 Å². The van der Waals surface area contributed by atoms with Crippen molar-refractivity contribution >= 4 is 11.9 Å². The zero-order valence-electron chi connectivity index (χ0n) is 6.93. The minimum atomic E-state index is -1.04. The molecule has 5 heteroatoms. The zero-order chi connectivity index (χ0) is 9.87. The second-order valence-electron chi connectivity index (χ2n) is 3.19. The summed E-state index contributed by atoms with van der Waals surface area (Å²) in [6, 6.07) is 0. The molecule has 0 aromatic rings. The summed E-state index contributed by atoms with van der Waals surface area (Å²) in [5, 5.41) is 10.0. The van der Waals surface area contributed by atoms with Crippen LogP contribution in [-0.4, -0.2) is 22.0 Å². The van der Waals surface area contributed by atoms with Gasteiger partial charge in [0.05, 0.1) is 11.5 Å². The van der Waals surface area contributed by atoms with Crippen LogP contribution in [0.4, 0.5) is 0 Å². The van der Waals surface area contributed by atoms with Gasteiger partial charge in [-0.25, -0.2) is 4.79 Å². The molecule has 0 spiro atoms. The van der Waals surface area contributed by atoms with Crippen molar-refractivity contribution in [1.82, 2.24) is 5.06 Å². The molecule has 0 saturated carbocycles. The van der Waals surface area contributed by atoms with Gasteiger partial charge in [0.15, 0.2) is 0 Å². The molecule has 1 saturated heterocycles. The van der Waals surface area contributed by atoms with E-state index < -0.39 is 11.9 Å². The largest absolute Gasteiger partial charge is 0.478 e. The first-order chi connectivity index (χ1) is 6.70. The molecule has 1 amide bonds. The number of rotatable bonds is 1. The third kappa shape index (κ3) is 0.693. The van der Waals surface area contributed by atoms with Crippen molar-refractivity contribution in [2.45, 2.75) is 0 Å². The van der Waals surface area contributed by atoms with E-state index in [1.165, 1.54) is 6.08 Å². The Morgan fingerprint density at radius 1 is 1.57 bits per heavy atom. The number of nitrogens with zero attached hydrogens (tertiary/aromatic N) is 1. The van der Waals surface area contributed by atoms with Crippen molar-refractivity contribution in [3.8, 4) is 0 Å². The number of carboxylic acids is 1. The highest BCUT2D eigenvalue weighted by atomic mass is 16.8. The van der Waals surface area contributed by atoms with Crippen LogP contribution in [0.5, 0.6) is 0 Å². The quantitative estimate of drug-likeness (QED) is 0.600. The van der Waals surface area contributed by atoms with Crippen molar-refractivity contribution in [1.29, 1.82) is 0 Å². The van der Waals surface area contributed by atoms with E-state index in [4.69, 9.17) is 9.94 Å². The highest BCUT2D eigenvalue weighted by molar-refractivity contribution is 6.01. The fraction of sp³-hybridized carbons (Fsp3) is 0.111. The second-order valence-corrected chi connectivity index (χ2v) is 3.19. The van der Waals surface area contributed by atoms with Crippen molar-refractivity contribution in [2.75, 3.05) is 0 Å². The molecule has 14 heavy (non-hydrogen) atoms. The zero-order valence-corrected chi connectivity index (χ0v) is 6.93. The van der Waals surface area contributed by atoms with Crippen LogP contribution >= 0.6 is 0 Å². The lowest BCUT2D eigenvalue weighted by molar-refractivity contribution is -0.133. The highest BCUT2D eigenvalue weighted by Gasteiger charge is 2.54. The summed E-state index contributed by atoms with van der Waals surface area (Å²) in [7, 11) is 0. The molecule has 1 N–H and O–H groups in total. The van der Waals surface area contributed by atoms with Gasteiger partial charge < -0.3 is 9.94 Å². The second kappa shape index (κ2) is 2.06. The topological polar surface area (TPSA) is 69.9 Å². The smallest absolute Gasteiger partial charge is 0.336 e. The maximum absolute atomic E-state index is 11.4.